The molecule has 0 spiro atoms. The first-order valence-corrected chi connectivity index (χ1v) is 7.60. The van der Waals surface area contributed by atoms with E-state index in [0.717, 1.165) is 37.7 Å². The molecule has 0 N–H and O–H groups in total. The van der Waals surface area contributed by atoms with Crippen molar-refractivity contribution < 1.29 is 4.74 Å². The molecule has 0 aromatic rings. The van der Waals surface area contributed by atoms with E-state index in [1.807, 2.05) is 0 Å². The van der Waals surface area contributed by atoms with E-state index in [0.29, 0.717) is 12.0 Å². The number of hydrogen-bond donors (Lipinski definition) is 0. The highest BCUT2D eigenvalue weighted by atomic mass is 16.5. The second kappa shape index (κ2) is 5.61. The Kier molecular flexibility index (Phi) is 4.33. The van der Waals surface area contributed by atoms with Crippen molar-refractivity contribution in [3.05, 3.63) is 0 Å². The standard InChI is InChI=1S/C16H27NO/c1-12(2)14-9-15(10-14)18-8-5-13(3)16(11-17)6-4-7-16/h12-15H,4-10H2,1-3H3. The van der Waals surface area contributed by atoms with E-state index in [1.165, 1.54) is 19.3 Å². The maximum atomic E-state index is 9.28. The van der Waals surface area contributed by atoms with Crippen molar-refractivity contribution >= 4 is 0 Å². The van der Waals surface area contributed by atoms with Gasteiger partial charge in [0, 0.05) is 6.61 Å². The van der Waals surface area contributed by atoms with Crippen LogP contribution in [0.2, 0.25) is 0 Å². The molecule has 1 unspecified atom stereocenters. The van der Waals surface area contributed by atoms with Crippen molar-refractivity contribution in [1.82, 2.24) is 0 Å². The molecule has 0 heterocycles. The van der Waals surface area contributed by atoms with E-state index in [2.05, 4.69) is 26.8 Å². The Bertz CT molecular complexity index is 308. The largest absolute Gasteiger partial charge is 0.378 e. The van der Waals surface area contributed by atoms with Crippen molar-refractivity contribution in [3.63, 3.8) is 0 Å². The molecule has 0 amide bonds. The summed E-state index contributed by atoms with van der Waals surface area (Å²) in [5, 5.41) is 9.28. The van der Waals surface area contributed by atoms with Crippen LogP contribution in [0.15, 0.2) is 0 Å². The van der Waals surface area contributed by atoms with Crippen LogP contribution in [0.3, 0.4) is 0 Å². The van der Waals surface area contributed by atoms with Gasteiger partial charge in [0.05, 0.1) is 17.6 Å². The molecule has 0 bridgehead atoms. The van der Waals surface area contributed by atoms with E-state index >= 15 is 0 Å². The lowest BCUT2D eigenvalue weighted by Gasteiger charge is -2.41. The summed E-state index contributed by atoms with van der Waals surface area (Å²) in [7, 11) is 0. The monoisotopic (exact) mass is 249 g/mol. The molecular weight excluding hydrogens is 222 g/mol. The van der Waals surface area contributed by atoms with E-state index in [-0.39, 0.29) is 5.41 Å². The third kappa shape index (κ3) is 2.72. The quantitative estimate of drug-likeness (QED) is 0.708. The molecule has 0 aromatic carbocycles. The summed E-state index contributed by atoms with van der Waals surface area (Å²) < 4.78 is 5.93. The van der Waals surface area contributed by atoms with Crippen LogP contribution in [0.1, 0.15) is 59.3 Å². The molecule has 0 aromatic heterocycles. The zero-order valence-electron chi connectivity index (χ0n) is 12.1. The Balaban J connectivity index is 1.61. The summed E-state index contributed by atoms with van der Waals surface area (Å²) in [5.41, 5.74) is -0.0105. The van der Waals surface area contributed by atoms with Crippen LogP contribution in [0.5, 0.6) is 0 Å². The van der Waals surface area contributed by atoms with Gasteiger partial charge in [0.1, 0.15) is 0 Å². The molecular formula is C16H27NO. The number of ether oxygens (including phenoxy) is 1. The Morgan fingerprint density at radius 2 is 1.94 bits per heavy atom. The van der Waals surface area contributed by atoms with Gasteiger partial charge in [0.2, 0.25) is 0 Å². The molecule has 2 saturated carbocycles. The fourth-order valence-corrected chi connectivity index (χ4v) is 3.25. The van der Waals surface area contributed by atoms with Gasteiger partial charge in [-0.2, -0.15) is 5.26 Å². The predicted octanol–water partition coefficient (Wildman–Crippen LogP) is 4.16. The van der Waals surface area contributed by atoms with Gasteiger partial charge < -0.3 is 4.74 Å². The molecule has 1 atom stereocenters. The number of nitriles is 1. The maximum absolute atomic E-state index is 9.28. The fourth-order valence-electron chi connectivity index (χ4n) is 3.25. The molecule has 2 aliphatic rings. The lowest BCUT2D eigenvalue weighted by molar-refractivity contribution is -0.0520. The first-order valence-electron chi connectivity index (χ1n) is 7.60. The van der Waals surface area contributed by atoms with Crippen LogP contribution in [0.4, 0.5) is 0 Å². The number of hydrogen-bond acceptors (Lipinski definition) is 2. The Labute approximate surface area is 112 Å². The van der Waals surface area contributed by atoms with Gasteiger partial charge in [0.15, 0.2) is 0 Å². The average molecular weight is 249 g/mol. The normalized spacial score (nSPS) is 31.3. The van der Waals surface area contributed by atoms with Gasteiger partial charge in [-0.1, -0.05) is 27.2 Å². The highest BCUT2D eigenvalue weighted by Gasteiger charge is 2.42. The molecule has 2 heteroatoms. The highest BCUT2D eigenvalue weighted by Crippen LogP contribution is 2.47. The van der Waals surface area contributed by atoms with Gasteiger partial charge in [-0.3, -0.25) is 0 Å². The van der Waals surface area contributed by atoms with Crippen LogP contribution in [-0.4, -0.2) is 12.7 Å². The lowest BCUT2D eigenvalue weighted by atomic mass is 9.62. The molecule has 102 valence electrons. The molecule has 2 rings (SSSR count). The van der Waals surface area contributed by atoms with Crippen molar-refractivity contribution in [2.75, 3.05) is 6.61 Å². The fraction of sp³-hybridized carbons (Fsp3) is 0.938. The second-order valence-corrected chi connectivity index (χ2v) is 6.78. The van der Waals surface area contributed by atoms with E-state index in [1.54, 1.807) is 0 Å². The minimum atomic E-state index is -0.0105. The summed E-state index contributed by atoms with van der Waals surface area (Å²) in [5.74, 6) is 2.18. The highest BCUT2D eigenvalue weighted by molar-refractivity contribution is 5.07. The van der Waals surface area contributed by atoms with Crippen LogP contribution in [0.25, 0.3) is 0 Å². The van der Waals surface area contributed by atoms with Gasteiger partial charge in [0.25, 0.3) is 0 Å². The molecule has 0 radical (unpaired) electrons. The van der Waals surface area contributed by atoms with Crippen molar-refractivity contribution in [2.45, 2.75) is 65.4 Å². The van der Waals surface area contributed by atoms with Crippen LogP contribution >= 0.6 is 0 Å². The third-order valence-corrected chi connectivity index (χ3v) is 5.39. The zero-order valence-corrected chi connectivity index (χ0v) is 12.1. The Hall–Kier alpha value is -0.550. The summed E-state index contributed by atoms with van der Waals surface area (Å²) >= 11 is 0. The Morgan fingerprint density at radius 3 is 2.39 bits per heavy atom. The zero-order chi connectivity index (χ0) is 13.2. The first kappa shape index (κ1) is 13.9. The van der Waals surface area contributed by atoms with Crippen LogP contribution in [0, 0.1) is 34.5 Å². The first-order chi connectivity index (χ1) is 8.57. The van der Waals surface area contributed by atoms with Crippen molar-refractivity contribution in [2.24, 2.45) is 23.2 Å². The van der Waals surface area contributed by atoms with Gasteiger partial charge in [-0.05, 0) is 49.9 Å². The summed E-state index contributed by atoms with van der Waals surface area (Å²) in [6.07, 6.45) is 7.48. The third-order valence-electron chi connectivity index (χ3n) is 5.39. The summed E-state index contributed by atoms with van der Waals surface area (Å²) in [6, 6.07) is 2.55. The molecule has 2 aliphatic carbocycles. The SMILES string of the molecule is CC(C)C1CC(OCCC(C)C2(C#N)CCC2)C1. The molecule has 2 nitrogen and oxygen atoms in total. The topological polar surface area (TPSA) is 33.0 Å². The van der Waals surface area contributed by atoms with Crippen LogP contribution in [-0.2, 0) is 4.74 Å². The molecule has 0 saturated heterocycles. The minimum Gasteiger partial charge on any atom is -0.378 e. The van der Waals surface area contributed by atoms with Gasteiger partial charge in [-0.15, -0.1) is 0 Å². The molecule has 0 aliphatic heterocycles. The summed E-state index contributed by atoms with van der Waals surface area (Å²) in [4.78, 5) is 0. The molecule has 18 heavy (non-hydrogen) atoms. The van der Waals surface area contributed by atoms with E-state index in [9.17, 15) is 5.26 Å². The summed E-state index contributed by atoms with van der Waals surface area (Å²) in [6.45, 7) is 7.68. The molecule has 2 fully saturated rings. The average Bonchev–Trinajstić information content (AvgIpc) is 2.19. The smallest absolute Gasteiger partial charge is 0.0692 e. The van der Waals surface area contributed by atoms with Crippen molar-refractivity contribution in [1.29, 1.82) is 5.26 Å². The predicted molar refractivity (Wildman–Crippen MR) is 73.0 cm³/mol. The lowest BCUT2D eigenvalue weighted by Crippen LogP contribution is -2.37. The second-order valence-electron chi connectivity index (χ2n) is 6.78. The van der Waals surface area contributed by atoms with Crippen LogP contribution < -0.4 is 0 Å². The maximum Gasteiger partial charge on any atom is 0.0692 e. The van der Waals surface area contributed by atoms with Gasteiger partial charge in [-0.25, -0.2) is 0 Å². The Morgan fingerprint density at radius 1 is 1.28 bits per heavy atom. The van der Waals surface area contributed by atoms with E-state index in [4.69, 9.17) is 4.74 Å². The minimum absolute atomic E-state index is 0.0105. The van der Waals surface area contributed by atoms with E-state index < -0.39 is 0 Å². The van der Waals surface area contributed by atoms with Gasteiger partial charge >= 0.3 is 0 Å². The number of nitrogens with zero attached hydrogens (tertiary/aromatic N) is 1. The number of rotatable bonds is 6. The van der Waals surface area contributed by atoms with Crippen molar-refractivity contribution in [3.8, 4) is 6.07 Å².